The quantitative estimate of drug-likeness (QED) is 0.624. The molecule has 0 aromatic heterocycles. The molecule has 0 amide bonds. The van der Waals surface area contributed by atoms with Gasteiger partial charge in [-0.15, -0.1) is 0 Å². The van der Waals surface area contributed by atoms with E-state index in [1.807, 2.05) is 11.8 Å². The van der Waals surface area contributed by atoms with E-state index in [0.29, 0.717) is 0 Å². The predicted molar refractivity (Wildman–Crippen MR) is 74.8 cm³/mol. The van der Waals surface area contributed by atoms with Crippen LogP contribution in [0.5, 0.6) is 0 Å². The number of nitrogens with zero attached hydrogens (tertiary/aromatic N) is 1. The minimum absolute atomic E-state index is 0.275. The predicted octanol–water partition coefficient (Wildman–Crippen LogP) is 2.11. The van der Waals surface area contributed by atoms with Crippen LogP contribution in [0.2, 0.25) is 0 Å². The Bertz CT molecular complexity index is 190. The van der Waals surface area contributed by atoms with Gasteiger partial charge in [0.1, 0.15) is 0 Å². The van der Waals surface area contributed by atoms with Crippen molar-refractivity contribution in [1.82, 2.24) is 4.90 Å². The van der Waals surface area contributed by atoms with Crippen LogP contribution in [0.15, 0.2) is 0 Å². The van der Waals surface area contributed by atoms with E-state index in [4.69, 9.17) is 9.47 Å². The van der Waals surface area contributed by atoms with Crippen molar-refractivity contribution in [1.29, 1.82) is 0 Å². The summed E-state index contributed by atoms with van der Waals surface area (Å²) < 4.78 is 11.4. The summed E-state index contributed by atoms with van der Waals surface area (Å²) in [6.07, 6.45) is 3.55. The molecule has 0 bridgehead atoms. The highest BCUT2D eigenvalue weighted by Crippen LogP contribution is 2.08. The van der Waals surface area contributed by atoms with E-state index in [9.17, 15) is 0 Å². The fourth-order valence-corrected chi connectivity index (χ4v) is 2.49. The summed E-state index contributed by atoms with van der Waals surface area (Å²) >= 11 is 1.88. The standard InChI is InChI=1S/C13H27NO2S/c1-12(2)9-14-5-7-16-13(10-14)11-15-6-4-8-17-3/h12-13H,4-11H2,1-3H3/t13-/m1/s1. The van der Waals surface area contributed by atoms with Crippen molar-refractivity contribution in [2.24, 2.45) is 5.92 Å². The molecule has 0 N–H and O–H groups in total. The molecule has 1 heterocycles. The van der Waals surface area contributed by atoms with E-state index in [1.54, 1.807) is 0 Å². The molecule has 0 spiro atoms. The Kier molecular flexibility index (Phi) is 8.27. The van der Waals surface area contributed by atoms with Crippen LogP contribution in [-0.4, -0.2) is 62.5 Å². The highest BCUT2D eigenvalue weighted by Gasteiger charge is 2.20. The van der Waals surface area contributed by atoms with E-state index in [0.717, 1.165) is 45.2 Å². The molecule has 4 heteroatoms. The van der Waals surface area contributed by atoms with Crippen LogP contribution in [0.25, 0.3) is 0 Å². The van der Waals surface area contributed by atoms with Gasteiger partial charge >= 0.3 is 0 Å². The highest BCUT2D eigenvalue weighted by atomic mass is 32.2. The van der Waals surface area contributed by atoms with Gasteiger partial charge < -0.3 is 9.47 Å². The van der Waals surface area contributed by atoms with Gasteiger partial charge in [0, 0.05) is 26.2 Å². The first kappa shape index (κ1) is 15.3. The van der Waals surface area contributed by atoms with Crippen LogP contribution in [-0.2, 0) is 9.47 Å². The molecule has 0 aromatic rings. The summed E-state index contributed by atoms with van der Waals surface area (Å²) in [6, 6.07) is 0. The molecule has 1 saturated heterocycles. The van der Waals surface area contributed by atoms with Crippen LogP contribution in [0, 0.1) is 5.92 Å². The average molecular weight is 261 g/mol. The fourth-order valence-electron chi connectivity index (χ4n) is 2.08. The lowest BCUT2D eigenvalue weighted by atomic mass is 10.2. The monoisotopic (exact) mass is 261 g/mol. The van der Waals surface area contributed by atoms with E-state index >= 15 is 0 Å². The Balaban J connectivity index is 2.08. The molecule has 1 aliphatic rings. The fraction of sp³-hybridized carbons (Fsp3) is 1.00. The third kappa shape index (κ3) is 7.29. The lowest BCUT2D eigenvalue weighted by molar-refractivity contribution is -0.0708. The van der Waals surface area contributed by atoms with Gasteiger partial charge in [-0.3, -0.25) is 4.90 Å². The topological polar surface area (TPSA) is 21.7 Å². The molecule has 0 aliphatic carbocycles. The van der Waals surface area contributed by atoms with Gasteiger partial charge in [0.2, 0.25) is 0 Å². The number of thioether (sulfide) groups is 1. The summed E-state index contributed by atoms with van der Waals surface area (Å²) in [4.78, 5) is 2.49. The first-order chi connectivity index (χ1) is 8.22. The Morgan fingerprint density at radius 3 is 3.00 bits per heavy atom. The van der Waals surface area contributed by atoms with Crippen LogP contribution < -0.4 is 0 Å². The molecule has 0 unspecified atom stereocenters. The second-order valence-electron chi connectivity index (χ2n) is 5.07. The number of ether oxygens (including phenoxy) is 2. The third-order valence-electron chi connectivity index (χ3n) is 2.79. The third-order valence-corrected chi connectivity index (χ3v) is 3.48. The van der Waals surface area contributed by atoms with Gasteiger partial charge in [-0.1, -0.05) is 13.8 Å². The molecule has 1 atom stereocenters. The van der Waals surface area contributed by atoms with E-state index in [1.165, 1.54) is 12.3 Å². The molecule has 1 fully saturated rings. The van der Waals surface area contributed by atoms with Gasteiger partial charge in [0.15, 0.2) is 0 Å². The largest absolute Gasteiger partial charge is 0.379 e. The Hall–Kier alpha value is 0.230. The summed E-state index contributed by atoms with van der Waals surface area (Å²) in [5.74, 6) is 1.92. The molecule has 3 nitrogen and oxygen atoms in total. The molecular formula is C13H27NO2S. The van der Waals surface area contributed by atoms with Crippen LogP contribution in [0.3, 0.4) is 0 Å². The zero-order chi connectivity index (χ0) is 12.5. The van der Waals surface area contributed by atoms with Crippen molar-refractivity contribution < 1.29 is 9.47 Å². The maximum absolute atomic E-state index is 5.72. The first-order valence-electron chi connectivity index (χ1n) is 6.63. The van der Waals surface area contributed by atoms with Crippen LogP contribution in [0.1, 0.15) is 20.3 Å². The maximum atomic E-state index is 5.72. The van der Waals surface area contributed by atoms with Crippen molar-refractivity contribution in [3.05, 3.63) is 0 Å². The zero-order valence-electron chi connectivity index (χ0n) is 11.5. The Morgan fingerprint density at radius 1 is 1.47 bits per heavy atom. The second kappa shape index (κ2) is 9.20. The smallest absolute Gasteiger partial charge is 0.0935 e. The van der Waals surface area contributed by atoms with Crippen molar-refractivity contribution >= 4 is 11.8 Å². The zero-order valence-corrected chi connectivity index (χ0v) is 12.3. The Morgan fingerprint density at radius 2 is 2.29 bits per heavy atom. The number of hydrogen-bond acceptors (Lipinski definition) is 4. The summed E-state index contributed by atoms with van der Waals surface area (Å²) in [5, 5.41) is 0. The minimum atomic E-state index is 0.275. The van der Waals surface area contributed by atoms with E-state index < -0.39 is 0 Å². The van der Waals surface area contributed by atoms with Gasteiger partial charge in [-0.05, 0) is 24.3 Å². The first-order valence-corrected chi connectivity index (χ1v) is 8.02. The van der Waals surface area contributed by atoms with Crippen molar-refractivity contribution in [3.63, 3.8) is 0 Å². The molecule has 1 rings (SSSR count). The van der Waals surface area contributed by atoms with Gasteiger partial charge in [0.25, 0.3) is 0 Å². The molecule has 1 aliphatic heterocycles. The van der Waals surface area contributed by atoms with Gasteiger partial charge in [-0.2, -0.15) is 11.8 Å². The number of hydrogen-bond donors (Lipinski definition) is 0. The molecule has 0 radical (unpaired) electrons. The second-order valence-corrected chi connectivity index (χ2v) is 6.05. The normalized spacial score (nSPS) is 22.2. The van der Waals surface area contributed by atoms with E-state index in [2.05, 4.69) is 25.0 Å². The molecule has 0 saturated carbocycles. The van der Waals surface area contributed by atoms with Crippen LogP contribution in [0.4, 0.5) is 0 Å². The number of morpholine rings is 1. The minimum Gasteiger partial charge on any atom is -0.379 e. The van der Waals surface area contributed by atoms with Crippen LogP contribution >= 0.6 is 11.8 Å². The van der Waals surface area contributed by atoms with Gasteiger partial charge in [-0.25, -0.2) is 0 Å². The number of rotatable bonds is 8. The summed E-state index contributed by atoms with van der Waals surface area (Å²) in [5.41, 5.74) is 0. The molecular weight excluding hydrogens is 234 g/mol. The van der Waals surface area contributed by atoms with Crippen molar-refractivity contribution in [2.45, 2.75) is 26.4 Å². The summed E-state index contributed by atoms with van der Waals surface area (Å²) in [6.45, 7) is 10.3. The van der Waals surface area contributed by atoms with Crippen molar-refractivity contribution in [3.8, 4) is 0 Å². The molecule has 17 heavy (non-hydrogen) atoms. The Labute approximate surface area is 110 Å². The van der Waals surface area contributed by atoms with E-state index in [-0.39, 0.29) is 6.10 Å². The SMILES string of the molecule is CSCCCOC[C@H]1CN(CC(C)C)CCO1. The lowest BCUT2D eigenvalue weighted by Crippen LogP contribution is -2.45. The van der Waals surface area contributed by atoms with Gasteiger partial charge in [0.05, 0.1) is 19.3 Å². The maximum Gasteiger partial charge on any atom is 0.0935 e. The molecule has 0 aromatic carbocycles. The van der Waals surface area contributed by atoms with Crippen molar-refractivity contribution in [2.75, 3.05) is 51.5 Å². The summed E-state index contributed by atoms with van der Waals surface area (Å²) in [7, 11) is 0. The lowest BCUT2D eigenvalue weighted by Gasteiger charge is -2.33. The molecule has 102 valence electrons. The highest BCUT2D eigenvalue weighted by molar-refractivity contribution is 7.98. The average Bonchev–Trinajstić information content (AvgIpc) is 2.28.